The highest BCUT2D eigenvalue weighted by molar-refractivity contribution is 6.10. The summed E-state index contributed by atoms with van der Waals surface area (Å²) in [6, 6.07) is 11.8. The van der Waals surface area contributed by atoms with E-state index in [0.29, 0.717) is 5.69 Å². The van der Waals surface area contributed by atoms with Gasteiger partial charge in [-0.05, 0) is 31.2 Å². The lowest BCUT2D eigenvalue weighted by Crippen LogP contribution is -2.34. The third-order valence-corrected chi connectivity index (χ3v) is 3.41. The first-order valence-corrected chi connectivity index (χ1v) is 7.81. The van der Waals surface area contributed by atoms with Crippen LogP contribution in [0.25, 0.3) is 0 Å². The lowest BCUT2D eigenvalue weighted by molar-refractivity contribution is -0.116. The van der Waals surface area contributed by atoms with Crippen LogP contribution in [0.4, 0.5) is 20.6 Å². The Morgan fingerprint density at radius 2 is 1.73 bits per heavy atom. The van der Waals surface area contributed by atoms with Crippen molar-refractivity contribution in [1.82, 2.24) is 5.32 Å². The monoisotopic (exact) mass is 359 g/mol. The van der Waals surface area contributed by atoms with E-state index in [-0.39, 0.29) is 17.7 Å². The predicted molar refractivity (Wildman–Crippen MR) is 94.7 cm³/mol. The molecule has 0 aliphatic rings. The van der Waals surface area contributed by atoms with Crippen LogP contribution in [0.1, 0.15) is 23.7 Å². The molecule has 2 aromatic rings. The second kappa shape index (κ2) is 8.61. The van der Waals surface area contributed by atoms with E-state index in [2.05, 4.69) is 16.0 Å². The normalized spacial score (nSPS) is 11.3. The van der Waals surface area contributed by atoms with Gasteiger partial charge in [0, 0.05) is 18.2 Å². The first-order valence-electron chi connectivity index (χ1n) is 7.81. The molecule has 0 saturated carbocycles. The summed E-state index contributed by atoms with van der Waals surface area (Å²) >= 11 is 0. The lowest BCUT2D eigenvalue weighted by Gasteiger charge is -2.14. The summed E-state index contributed by atoms with van der Waals surface area (Å²) in [6.07, 6.45) is -1.42. The van der Waals surface area contributed by atoms with Crippen molar-refractivity contribution >= 4 is 29.3 Å². The van der Waals surface area contributed by atoms with E-state index in [1.807, 2.05) is 0 Å². The number of benzene rings is 2. The highest BCUT2D eigenvalue weighted by Gasteiger charge is 2.19. The molecule has 0 aromatic heterocycles. The van der Waals surface area contributed by atoms with Crippen LogP contribution in [0.5, 0.6) is 0 Å². The Morgan fingerprint density at radius 3 is 2.38 bits per heavy atom. The van der Waals surface area contributed by atoms with Gasteiger partial charge in [0.1, 0.15) is 5.82 Å². The van der Waals surface area contributed by atoms with Crippen molar-refractivity contribution in [3.8, 4) is 0 Å². The van der Waals surface area contributed by atoms with Gasteiger partial charge in [-0.3, -0.25) is 9.59 Å². The average Bonchev–Trinajstić information content (AvgIpc) is 2.54. The maximum absolute atomic E-state index is 14.2. The Balaban J connectivity index is 2.14. The number of para-hydroxylation sites is 1. The largest absolute Gasteiger partial charge is 0.465 e. The van der Waals surface area contributed by atoms with Crippen LogP contribution >= 0.6 is 0 Å². The van der Waals surface area contributed by atoms with Crippen molar-refractivity contribution in [3.63, 3.8) is 0 Å². The average molecular weight is 359 g/mol. The summed E-state index contributed by atoms with van der Waals surface area (Å²) in [7, 11) is 0. The van der Waals surface area contributed by atoms with E-state index in [4.69, 9.17) is 5.11 Å². The summed E-state index contributed by atoms with van der Waals surface area (Å²) < 4.78 is 14.2. The molecule has 0 aliphatic heterocycles. The Morgan fingerprint density at radius 1 is 1.04 bits per heavy atom. The summed E-state index contributed by atoms with van der Waals surface area (Å²) in [5.74, 6) is -2.04. The quantitative estimate of drug-likeness (QED) is 0.636. The van der Waals surface area contributed by atoms with Crippen LogP contribution in [-0.2, 0) is 4.79 Å². The van der Waals surface area contributed by atoms with Crippen molar-refractivity contribution in [2.45, 2.75) is 19.4 Å². The Bertz CT molecular complexity index is 811. The molecule has 8 heteroatoms. The standard InChI is InChI=1S/C18H18FN3O4/c1-11(20-18(25)26)10-15(23)22-14-9-5-8-13(19)16(14)17(24)21-12-6-3-2-4-7-12/h2-9,11,20H,10H2,1H3,(H,21,24)(H,22,23)(H,25,26). The first-order chi connectivity index (χ1) is 12.4. The summed E-state index contributed by atoms with van der Waals surface area (Å²) in [5.41, 5.74) is 0.187. The zero-order chi connectivity index (χ0) is 19.1. The highest BCUT2D eigenvalue weighted by Crippen LogP contribution is 2.21. The molecule has 7 nitrogen and oxygen atoms in total. The van der Waals surface area contributed by atoms with Crippen LogP contribution in [0, 0.1) is 5.82 Å². The molecular formula is C18H18FN3O4. The molecule has 0 saturated heterocycles. The van der Waals surface area contributed by atoms with Gasteiger partial charge in [-0.15, -0.1) is 0 Å². The van der Waals surface area contributed by atoms with Gasteiger partial charge in [0.15, 0.2) is 0 Å². The molecule has 4 N–H and O–H groups in total. The molecule has 1 unspecified atom stereocenters. The molecule has 1 atom stereocenters. The van der Waals surface area contributed by atoms with Crippen LogP contribution < -0.4 is 16.0 Å². The molecule has 0 bridgehead atoms. The van der Waals surface area contributed by atoms with Crippen molar-refractivity contribution in [1.29, 1.82) is 0 Å². The number of halogens is 1. The molecule has 136 valence electrons. The topological polar surface area (TPSA) is 108 Å². The molecule has 2 rings (SSSR count). The second-order valence-electron chi connectivity index (χ2n) is 5.59. The van der Waals surface area contributed by atoms with Gasteiger partial charge in [0.25, 0.3) is 5.91 Å². The van der Waals surface area contributed by atoms with Crippen LogP contribution in [0.3, 0.4) is 0 Å². The maximum Gasteiger partial charge on any atom is 0.404 e. The summed E-state index contributed by atoms with van der Waals surface area (Å²) in [6.45, 7) is 1.52. The maximum atomic E-state index is 14.2. The van der Waals surface area contributed by atoms with Crippen molar-refractivity contribution in [2.75, 3.05) is 10.6 Å². The molecule has 0 heterocycles. The number of amides is 3. The molecule has 2 aromatic carbocycles. The molecule has 0 radical (unpaired) electrons. The van der Waals surface area contributed by atoms with E-state index in [9.17, 15) is 18.8 Å². The van der Waals surface area contributed by atoms with E-state index in [1.165, 1.54) is 19.1 Å². The van der Waals surface area contributed by atoms with Gasteiger partial charge in [0.2, 0.25) is 5.91 Å². The van der Waals surface area contributed by atoms with Crippen molar-refractivity contribution in [2.24, 2.45) is 0 Å². The number of carbonyl (C=O) groups is 3. The third kappa shape index (κ3) is 5.30. The fraction of sp³-hybridized carbons (Fsp3) is 0.167. The highest BCUT2D eigenvalue weighted by atomic mass is 19.1. The minimum atomic E-state index is -1.25. The van der Waals surface area contributed by atoms with Crippen molar-refractivity contribution < 1.29 is 23.9 Å². The summed E-state index contributed by atoms with van der Waals surface area (Å²) in [5, 5.41) is 15.8. The number of hydrogen-bond donors (Lipinski definition) is 4. The summed E-state index contributed by atoms with van der Waals surface area (Å²) in [4.78, 5) is 35.0. The molecule has 0 fully saturated rings. The van der Waals surface area contributed by atoms with Gasteiger partial charge in [0.05, 0.1) is 11.3 Å². The minimum absolute atomic E-state index is 0.00551. The first kappa shape index (κ1) is 18.9. The molecule has 3 amide bonds. The molecule has 26 heavy (non-hydrogen) atoms. The van der Waals surface area contributed by atoms with Gasteiger partial charge in [-0.1, -0.05) is 24.3 Å². The van der Waals surface area contributed by atoms with Crippen LogP contribution in [0.2, 0.25) is 0 Å². The lowest BCUT2D eigenvalue weighted by atomic mass is 10.1. The van der Waals surface area contributed by atoms with Gasteiger partial charge in [-0.25, -0.2) is 9.18 Å². The SMILES string of the molecule is CC(CC(=O)Nc1cccc(F)c1C(=O)Nc1ccccc1)NC(=O)O. The molecule has 0 aliphatic carbocycles. The molecule has 0 spiro atoms. The van der Waals surface area contributed by atoms with Crippen LogP contribution in [0.15, 0.2) is 48.5 Å². The smallest absolute Gasteiger partial charge is 0.404 e. The Kier molecular flexibility index (Phi) is 6.26. The predicted octanol–water partition coefficient (Wildman–Crippen LogP) is 3.06. The fourth-order valence-corrected chi connectivity index (χ4v) is 2.32. The Labute approximate surface area is 149 Å². The zero-order valence-corrected chi connectivity index (χ0v) is 14.0. The van der Waals surface area contributed by atoms with Crippen LogP contribution in [-0.4, -0.2) is 29.1 Å². The fourth-order valence-electron chi connectivity index (χ4n) is 2.32. The number of hydrogen-bond acceptors (Lipinski definition) is 3. The van der Waals surface area contributed by atoms with Crippen molar-refractivity contribution in [3.05, 3.63) is 59.9 Å². The number of rotatable bonds is 6. The number of anilines is 2. The van der Waals surface area contributed by atoms with Gasteiger partial charge in [-0.2, -0.15) is 0 Å². The van der Waals surface area contributed by atoms with E-state index in [0.717, 1.165) is 6.07 Å². The Hall–Kier alpha value is -3.42. The van der Waals surface area contributed by atoms with Gasteiger partial charge < -0.3 is 21.1 Å². The number of carbonyl (C=O) groups excluding carboxylic acids is 2. The number of nitrogens with one attached hydrogen (secondary N) is 3. The minimum Gasteiger partial charge on any atom is -0.465 e. The van der Waals surface area contributed by atoms with E-state index in [1.54, 1.807) is 30.3 Å². The zero-order valence-electron chi connectivity index (χ0n) is 14.0. The second-order valence-corrected chi connectivity index (χ2v) is 5.59. The van der Waals surface area contributed by atoms with Gasteiger partial charge >= 0.3 is 6.09 Å². The van der Waals surface area contributed by atoms with E-state index >= 15 is 0 Å². The number of carboxylic acid groups (broad SMARTS) is 1. The third-order valence-electron chi connectivity index (χ3n) is 3.41. The van der Waals surface area contributed by atoms with E-state index < -0.39 is 29.8 Å². The molecular weight excluding hydrogens is 341 g/mol.